The minimum Gasteiger partial charge on any atom is -0.419 e. The second-order valence-electron chi connectivity index (χ2n) is 6.04. The number of benzene rings is 2. The normalized spacial score (nSPS) is 14.4. The maximum absolute atomic E-state index is 13.1. The monoisotopic (exact) mass is 392 g/mol. The summed E-state index contributed by atoms with van der Waals surface area (Å²) in [6, 6.07) is 11.5. The third-order valence-corrected chi connectivity index (χ3v) is 5.91. The molecule has 1 N–H and O–H groups in total. The Morgan fingerprint density at radius 2 is 1.73 bits per heavy atom. The number of hydrogen-bond acceptors (Lipinski definition) is 5. The van der Waals surface area contributed by atoms with Crippen LogP contribution in [-0.2, 0) is 9.84 Å². The highest BCUT2D eigenvalue weighted by atomic mass is 35.5. The van der Waals surface area contributed by atoms with E-state index < -0.39 is 15.7 Å². The Hall–Kier alpha value is -2.38. The van der Waals surface area contributed by atoms with E-state index in [-0.39, 0.29) is 27.7 Å². The Kier molecular flexibility index (Phi) is 4.20. The number of sulfone groups is 1. The molecule has 1 fully saturated rings. The largest absolute Gasteiger partial charge is 0.419 e. The summed E-state index contributed by atoms with van der Waals surface area (Å²) in [5.74, 6) is -0.187. The lowest BCUT2D eigenvalue weighted by Gasteiger charge is -2.04. The minimum atomic E-state index is -3.90. The first-order valence-electron chi connectivity index (χ1n) is 7.97. The number of oxazole rings is 1. The molecule has 0 unspecified atom stereocenters. The van der Waals surface area contributed by atoms with E-state index in [9.17, 15) is 12.8 Å². The molecule has 1 saturated carbocycles. The van der Waals surface area contributed by atoms with Crippen LogP contribution in [0.2, 0.25) is 5.02 Å². The van der Waals surface area contributed by atoms with Crippen molar-refractivity contribution in [2.24, 2.45) is 0 Å². The van der Waals surface area contributed by atoms with E-state index in [0.29, 0.717) is 10.6 Å². The first-order chi connectivity index (χ1) is 12.4. The summed E-state index contributed by atoms with van der Waals surface area (Å²) >= 11 is 5.84. The van der Waals surface area contributed by atoms with Crippen LogP contribution < -0.4 is 5.32 Å². The van der Waals surface area contributed by atoms with Gasteiger partial charge in [0.25, 0.3) is 0 Å². The molecule has 26 heavy (non-hydrogen) atoms. The van der Waals surface area contributed by atoms with Crippen molar-refractivity contribution >= 4 is 27.3 Å². The van der Waals surface area contributed by atoms with Crippen LogP contribution in [0.3, 0.4) is 0 Å². The SMILES string of the molecule is O=S(=O)(c1ccc(Cl)cc1)c1nc(-c2ccc(F)cc2)oc1NC1CC1. The molecule has 0 spiro atoms. The molecule has 1 aliphatic rings. The summed E-state index contributed by atoms with van der Waals surface area (Å²) in [6.07, 6.45) is 1.88. The van der Waals surface area contributed by atoms with E-state index in [1.165, 1.54) is 48.5 Å². The predicted molar refractivity (Wildman–Crippen MR) is 95.4 cm³/mol. The van der Waals surface area contributed by atoms with E-state index in [2.05, 4.69) is 10.3 Å². The van der Waals surface area contributed by atoms with Gasteiger partial charge in [-0.15, -0.1) is 0 Å². The molecule has 134 valence electrons. The quantitative estimate of drug-likeness (QED) is 0.690. The molecule has 4 rings (SSSR count). The summed E-state index contributed by atoms with van der Waals surface area (Å²) < 4.78 is 44.8. The van der Waals surface area contributed by atoms with Crippen LogP contribution in [0, 0.1) is 5.82 Å². The second kappa shape index (κ2) is 6.41. The lowest BCUT2D eigenvalue weighted by molar-refractivity contribution is 0.576. The van der Waals surface area contributed by atoms with Crippen LogP contribution in [0.15, 0.2) is 62.9 Å². The van der Waals surface area contributed by atoms with Gasteiger partial charge in [-0.3, -0.25) is 0 Å². The van der Waals surface area contributed by atoms with Crippen LogP contribution in [0.25, 0.3) is 11.5 Å². The zero-order valence-electron chi connectivity index (χ0n) is 13.4. The van der Waals surface area contributed by atoms with Crippen molar-refractivity contribution in [3.8, 4) is 11.5 Å². The van der Waals surface area contributed by atoms with Gasteiger partial charge in [-0.1, -0.05) is 11.6 Å². The number of aromatic nitrogens is 1. The van der Waals surface area contributed by atoms with Crippen molar-refractivity contribution in [1.82, 2.24) is 4.98 Å². The van der Waals surface area contributed by atoms with Gasteiger partial charge in [0.1, 0.15) is 5.82 Å². The lowest BCUT2D eigenvalue weighted by atomic mass is 10.2. The van der Waals surface area contributed by atoms with E-state index in [1.807, 2.05) is 0 Å². The van der Waals surface area contributed by atoms with Crippen LogP contribution in [-0.4, -0.2) is 19.4 Å². The fraction of sp³-hybridized carbons (Fsp3) is 0.167. The molecule has 2 aromatic carbocycles. The molecule has 0 amide bonds. The average Bonchev–Trinajstić information content (AvgIpc) is 3.32. The number of anilines is 1. The van der Waals surface area contributed by atoms with E-state index in [1.54, 1.807) is 0 Å². The molecule has 5 nitrogen and oxygen atoms in total. The van der Waals surface area contributed by atoms with Crippen molar-refractivity contribution < 1.29 is 17.2 Å². The Bertz CT molecular complexity index is 1040. The molecule has 3 aromatic rings. The minimum absolute atomic E-state index is 0.0692. The van der Waals surface area contributed by atoms with Crippen molar-refractivity contribution in [3.05, 3.63) is 59.4 Å². The highest BCUT2D eigenvalue weighted by Crippen LogP contribution is 2.35. The fourth-order valence-electron chi connectivity index (χ4n) is 2.43. The van der Waals surface area contributed by atoms with Crippen LogP contribution >= 0.6 is 11.6 Å². The van der Waals surface area contributed by atoms with E-state index in [4.69, 9.17) is 16.0 Å². The third kappa shape index (κ3) is 3.32. The van der Waals surface area contributed by atoms with Crippen LogP contribution in [0.1, 0.15) is 12.8 Å². The van der Waals surface area contributed by atoms with Gasteiger partial charge in [0.15, 0.2) is 0 Å². The van der Waals surface area contributed by atoms with Crippen molar-refractivity contribution in [1.29, 1.82) is 0 Å². The molecule has 0 atom stereocenters. The Labute approximate surface area is 154 Å². The molecule has 8 heteroatoms. The topological polar surface area (TPSA) is 72.2 Å². The molecule has 0 bridgehead atoms. The first-order valence-corrected chi connectivity index (χ1v) is 9.83. The molecule has 0 radical (unpaired) electrons. The van der Waals surface area contributed by atoms with Gasteiger partial charge < -0.3 is 9.73 Å². The maximum Gasteiger partial charge on any atom is 0.234 e. The van der Waals surface area contributed by atoms with Gasteiger partial charge in [-0.25, -0.2) is 12.8 Å². The average molecular weight is 393 g/mol. The van der Waals surface area contributed by atoms with Gasteiger partial charge in [-0.05, 0) is 61.4 Å². The van der Waals surface area contributed by atoms with Gasteiger partial charge in [0.2, 0.25) is 26.6 Å². The van der Waals surface area contributed by atoms with Gasteiger partial charge >= 0.3 is 0 Å². The number of halogens is 2. The molecule has 1 aromatic heterocycles. The second-order valence-corrected chi connectivity index (χ2v) is 8.34. The molecule has 1 aliphatic carbocycles. The van der Waals surface area contributed by atoms with Gasteiger partial charge in [0, 0.05) is 16.6 Å². The van der Waals surface area contributed by atoms with E-state index in [0.717, 1.165) is 12.8 Å². The van der Waals surface area contributed by atoms with Crippen LogP contribution in [0.5, 0.6) is 0 Å². The number of rotatable bonds is 5. The lowest BCUT2D eigenvalue weighted by Crippen LogP contribution is -2.08. The summed E-state index contributed by atoms with van der Waals surface area (Å²) in [7, 11) is -3.90. The van der Waals surface area contributed by atoms with Crippen molar-refractivity contribution in [3.63, 3.8) is 0 Å². The first kappa shape index (κ1) is 17.1. The summed E-state index contributed by atoms with van der Waals surface area (Å²) in [5.41, 5.74) is 0.489. The Balaban J connectivity index is 1.80. The van der Waals surface area contributed by atoms with Crippen molar-refractivity contribution in [2.75, 3.05) is 5.32 Å². The third-order valence-electron chi connectivity index (χ3n) is 3.98. The molecular weight excluding hydrogens is 379 g/mol. The van der Waals surface area contributed by atoms with Crippen molar-refractivity contribution in [2.45, 2.75) is 28.8 Å². The Morgan fingerprint density at radius 3 is 2.35 bits per heavy atom. The summed E-state index contributed by atoms with van der Waals surface area (Å²) in [5, 5.41) is 3.31. The smallest absolute Gasteiger partial charge is 0.234 e. The predicted octanol–water partition coefficient (Wildman–Crippen LogP) is 4.54. The number of nitrogens with zero attached hydrogens (tertiary/aromatic N) is 1. The fourth-order valence-corrected chi connectivity index (χ4v) is 3.83. The molecule has 0 saturated heterocycles. The highest BCUT2D eigenvalue weighted by molar-refractivity contribution is 7.91. The van der Waals surface area contributed by atoms with E-state index >= 15 is 0 Å². The molecule has 1 heterocycles. The standard InChI is InChI=1S/C18H14ClFN2O3S/c19-12-3-9-15(10-4-12)26(23,24)18-17(21-14-7-8-14)25-16(22-18)11-1-5-13(20)6-2-11/h1-6,9-10,14,21H,7-8H2. The van der Waals surface area contributed by atoms with Crippen LogP contribution in [0.4, 0.5) is 10.3 Å². The Morgan fingerprint density at radius 1 is 1.08 bits per heavy atom. The summed E-state index contributed by atoms with van der Waals surface area (Å²) in [4.78, 5) is 4.26. The molecule has 0 aliphatic heterocycles. The van der Waals surface area contributed by atoms with Gasteiger partial charge in [-0.2, -0.15) is 4.98 Å². The number of hydrogen-bond donors (Lipinski definition) is 1. The highest BCUT2D eigenvalue weighted by Gasteiger charge is 2.32. The molecular formula is C18H14ClFN2O3S. The zero-order chi connectivity index (χ0) is 18.3. The summed E-state index contributed by atoms with van der Waals surface area (Å²) in [6.45, 7) is 0. The zero-order valence-corrected chi connectivity index (χ0v) is 15.0. The maximum atomic E-state index is 13.1. The number of nitrogens with one attached hydrogen (secondary N) is 1. The van der Waals surface area contributed by atoms with Gasteiger partial charge in [0.05, 0.1) is 4.90 Å².